The first kappa shape index (κ1) is 15.1. The molecule has 0 spiro atoms. The van der Waals surface area contributed by atoms with Crippen molar-refractivity contribution in [2.24, 2.45) is 0 Å². The van der Waals surface area contributed by atoms with Crippen molar-refractivity contribution in [2.45, 2.75) is 43.5 Å². The van der Waals surface area contributed by atoms with Gasteiger partial charge < -0.3 is 5.32 Å². The van der Waals surface area contributed by atoms with Gasteiger partial charge in [0.05, 0.1) is 6.07 Å². The van der Waals surface area contributed by atoms with Crippen LogP contribution in [0.3, 0.4) is 0 Å². The Morgan fingerprint density at radius 2 is 2.06 bits per heavy atom. The second-order valence-corrected chi connectivity index (χ2v) is 5.90. The molecule has 0 fully saturated rings. The smallest absolute Gasteiger partial charge is 0.103 e. The Balaban J connectivity index is 2.24. The summed E-state index contributed by atoms with van der Waals surface area (Å²) in [6.07, 6.45) is 3.15. The summed E-state index contributed by atoms with van der Waals surface area (Å²) in [5, 5.41) is 12.1. The summed E-state index contributed by atoms with van der Waals surface area (Å²) in [6, 6.07) is 10.8. The summed E-state index contributed by atoms with van der Waals surface area (Å²) in [6.45, 7) is 4.11. The molecule has 0 aliphatic heterocycles. The third-order valence-corrected chi connectivity index (χ3v) is 4.48. The van der Waals surface area contributed by atoms with Gasteiger partial charge in [0.15, 0.2) is 0 Å². The van der Waals surface area contributed by atoms with E-state index in [-0.39, 0.29) is 5.54 Å². The van der Waals surface area contributed by atoms with Crippen molar-refractivity contribution in [3.8, 4) is 6.07 Å². The lowest BCUT2D eigenvalue weighted by atomic mass is 9.97. The number of benzene rings is 1. The van der Waals surface area contributed by atoms with Crippen molar-refractivity contribution >= 4 is 11.8 Å². The summed E-state index contributed by atoms with van der Waals surface area (Å²) in [5.41, 5.74) is 0.979. The third-order valence-electron chi connectivity index (χ3n) is 3.22. The third kappa shape index (κ3) is 4.72. The van der Waals surface area contributed by atoms with Gasteiger partial charge in [-0.3, -0.25) is 0 Å². The monoisotopic (exact) mass is 262 g/mol. The molecular formula is C15H22N2S. The van der Waals surface area contributed by atoms with E-state index in [1.165, 1.54) is 10.5 Å². The van der Waals surface area contributed by atoms with E-state index in [1.807, 2.05) is 25.7 Å². The molecule has 1 rings (SSSR count). The molecule has 0 saturated carbocycles. The number of hydrogen-bond donors (Lipinski definition) is 1. The van der Waals surface area contributed by atoms with Crippen molar-refractivity contribution in [2.75, 3.05) is 12.8 Å². The average molecular weight is 262 g/mol. The van der Waals surface area contributed by atoms with Gasteiger partial charge in [0, 0.05) is 4.90 Å². The minimum atomic E-state index is -0.368. The van der Waals surface area contributed by atoms with E-state index in [9.17, 15) is 0 Å². The van der Waals surface area contributed by atoms with Gasteiger partial charge in [-0.15, -0.1) is 11.8 Å². The van der Waals surface area contributed by atoms with E-state index in [0.717, 1.165) is 25.0 Å². The molecule has 1 atom stereocenters. The molecule has 0 aliphatic carbocycles. The second-order valence-electron chi connectivity index (χ2n) is 4.76. The van der Waals surface area contributed by atoms with Crippen LogP contribution in [0.25, 0.3) is 0 Å². The van der Waals surface area contributed by atoms with E-state index >= 15 is 0 Å². The number of aryl methyl sites for hydroxylation is 1. The maximum absolute atomic E-state index is 9.04. The first-order valence-electron chi connectivity index (χ1n) is 6.40. The van der Waals surface area contributed by atoms with Crippen LogP contribution in [-0.2, 0) is 0 Å². The lowest BCUT2D eigenvalue weighted by molar-refractivity contribution is 0.439. The average Bonchev–Trinajstić information content (AvgIpc) is 2.40. The Morgan fingerprint density at radius 1 is 1.33 bits per heavy atom. The highest BCUT2D eigenvalue weighted by Crippen LogP contribution is 2.23. The predicted octanol–water partition coefficient (Wildman–Crippen LogP) is 3.76. The highest BCUT2D eigenvalue weighted by Gasteiger charge is 2.19. The van der Waals surface area contributed by atoms with Crippen molar-refractivity contribution < 1.29 is 0 Å². The van der Waals surface area contributed by atoms with Gasteiger partial charge in [-0.25, -0.2) is 0 Å². The second kappa shape index (κ2) is 7.45. The summed E-state index contributed by atoms with van der Waals surface area (Å²) >= 11 is 1.91. The molecule has 0 aliphatic rings. The fourth-order valence-corrected chi connectivity index (χ4v) is 2.76. The van der Waals surface area contributed by atoms with Crippen molar-refractivity contribution in [1.82, 2.24) is 5.32 Å². The number of unbranched alkanes of at least 4 members (excludes halogenated alkanes) is 1. The van der Waals surface area contributed by atoms with Crippen LogP contribution in [0.4, 0.5) is 0 Å². The van der Waals surface area contributed by atoms with Crippen molar-refractivity contribution in [1.29, 1.82) is 5.26 Å². The van der Waals surface area contributed by atoms with Gasteiger partial charge in [0.1, 0.15) is 5.54 Å². The van der Waals surface area contributed by atoms with Crippen molar-refractivity contribution in [3.05, 3.63) is 29.8 Å². The van der Waals surface area contributed by atoms with Crippen LogP contribution in [-0.4, -0.2) is 18.3 Å². The molecule has 0 radical (unpaired) electrons. The molecular weight excluding hydrogens is 240 g/mol. The maximum atomic E-state index is 9.04. The first-order valence-corrected chi connectivity index (χ1v) is 7.38. The van der Waals surface area contributed by atoms with Crippen LogP contribution in [0, 0.1) is 18.3 Å². The molecule has 98 valence electrons. The SMILES string of the molecule is CNC(C)(C#N)CCCCSc1ccccc1C. The Kier molecular flexibility index (Phi) is 6.24. The van der Waals surface area contributed by atoms with E-state index < -0.39 is 0 Å². The van der Waals surface area contributed by atoms with Gasteiger partial charge in [0.2, 0.25) is 0 Å². The van der Waals surface area contributed by atoms with Crippen LogP contribution in [0.1, 0.15) is 31.7 Å². The predicted molar refractivity (Wildman–Crippen MR) is 78.8 cm³/mol. The molecule has 0 saturated heterocycles. The standard InChI is InChI=1S/C15H22N2S/c1-13-8-4-5-9-14(13)18-11-7-6-10-15(2,12-16)17-3/h4-5,8-9,17H,6-7,10-11H2,1-3H3. The largest absolute Gasteiger partial charge is 0.303 e. The lowest BCUT2D eigenvalue weighted by Crippen LogP contribution is -2.37. The zero-order chi connectivity index (χ0) is 13.4. The van der Waals surface area contributed by atoms with Crippen molar-refractivity contribution in [3.63, 3.8) is 0 Å². The Hall–Kier alpha value is -0.980. The molecule has 1 N–H and O–H groups in total. The number of nitriles is 1. The molecule has 1 aromatic carbocycles. The van der Waals surface area contributed by atoms with Gasteiger partial charge >= 0.3 is 0 Å². The molecule has 2 nitrogen and oxygen atoms in total. The maximum Gasteiger partial charge on any atom is 0.103 e. The number of rotatable bonds is 7. The summed E-state index contributed by atoms with van der Waals surface area (Å²) in [4.78, 5) is 1.37. The van der Waals surface area contributed by atoms with Crippen LogP contribution in [0.5, 0.6) is 0 Å². The van der Waals surface area contributed by atoms with Gasteiger partial charge in [-0.1, -0.05) is 18.2 Å². The van der Waals surface area contributed by atoms with Gasteiger partial charge in [-0.2, -0.15) is 5.26 Å². The van der Waals surface area contributed by atoms with Crippen LogP contribution in [0.15, 0.2) is 29.2 Å². The molecule has 3 heteroatoms. The van der Waals surface area contributed by atoms with Gasteiger partial charge in [0.25, 0.3) is 0 Å². The molecule has 0 bridgehead atoms. The first-order chi connectivity index (χ1) is 8.61. The van der Waals surface area contributed by atoms with E-state index in [1.54, 1.807) is 0 Å². The molecule has 1 aromatic rings. The summed E-state index contributed by atoms with van der Waals surface area (Å²) in [5.74, 6) is 1.12. The number of thioether (sulfide) groups is 1. The zero-order valence-electron chi connectivity index (χ0n) is 11.5. The van der Waals surface area contributed by atoms with E-state index in [0.29, 0.717) is 0 Å². The molecule has 0 aromatic heterocycles. The zero-order valence-corrected chi connectivity index (χ0v) is 12.3. The quantitative estimate of drug-likeness (QED) is 0.600. The van der Waals surface area contributed by atoms with Crippen LogP contribution < -0.4 is 5.32 Å². The Labute approximate surface area is 115 Å². The number of nitrogens with zero attached hydrogens (tertiary/aromatic N) is 1. The number of nitrogens with one attached hydrogen (secondary N) is 1. The highest BCUT2D eigenvalue weighted by molar-refractivity contribution is 7.99. The lowest BCUT2D eigenvalue weighted by Gasteiger charge is -2.20. The molecule has 18 heavy (non-hydrogen) atoms. The normalized spacial score (nSPS) is 13.9. The fourth-order valence-electron chi connectivity index (χ4n) is 1.72. The minimum Gasteiger partial charge on any atom is -0.303 e. The van der Waals surface area contributed by atoms with E-state index in [2.05, 4.69) is 42.6 Å². The Bertz CT molecular complexity index is 411. The summed E-state index contributed by atoms with van der Waals surface area (Å²) in [7, 11) is 1.85. The van der Waals surface area contributed by atoms with Gasteiger partial charge in [-0.05, 0) is 57.5 Å². The van der Waals surface area contributed by atoms with Crippen LogP contribution >= 0.6 is 11.8 Å². The molecule has 0 amide bonds. The molecule has 1 unspecified atom stereocenters. The topological polar surface area (TPSA) is 35.8 Å². The minimum absolute atomic E-state index is 0.368. The Morgan fingerprint density at radius 3 is 2.67 bits per heavy atom. The van der Waals surface area contributed by atoms with E-state index in [4.69, 9.17) is 5.26 Å². The molecule has 0 heterocycles. The van der Waals surface area contributed by atoms with Crippen LogP contribution in [0.2, 0.25) is 0 Å². The highest BCUT2D eigenvalue weighted by atomic mass is 32.2. The fraction of sp³-hybridized carbons (Fsp3) is 0.533. The summed E-state index contributed by atoms with van der Waals surface area (Å²) < 4.78 is 0. The number of hydrogen-bond acceptors (Lipinski definition) is 3.